The Bertz CT molecular complexity index is 1010. The highest BCUT2D eigenvalue weighted by molar-refractivity contribution is 5.82. The summed E-state index contributed by atoms with van der Waals surface area (Å²) < 4.78 is 8.68. The van der Waals surface area contributed by atoms with Gasteiger partial charge in [-0.2, -0.15) is 0 Å². The zero-order valence-corrected chi connectivity index (χ0v) is 17.0. The van der Waals surface area contributed by atoms with E-state index in [0.717, 1.165) is 19.3 Å². The van der Waals surface area contributed by atoms with Gasteiger partial charge >= 0.3 is 11.7 Å². The van der Waals surface area contributed by atoms with Crippen LogP contribution in [-0.4, -0.2) is 30.9 Å². The lowest BCUT2D eigenvalue weighted by Gasteiger charge is -2.19. The molecule has 1 N–H and O–H groups in total. The van der Waals surface area contributed by atoms with Gasteiger partial charge in [-0.25, -0.2) is 9.78 Å². The van der Waals surface area contributed by atoms with E-state index < -0.39 is 11.2 Å². The Morgan fingerprint density at radius 2 is 1.83 bits per heavy atom. The number of imidazole rings is 1. The van der Waals surface area contributed by atoms with E-state index >= 15 is 0 Å². The van der Waals surface area contributed by atoms with E-state index in [-0.39, 0.29) is 24.3 Å². The third kappa shape index (κ3) is 4.49. The van der Waals surface area contributed by atoms with Crippen LogP contribution < -0.4 is 11.2 Å². The SMILES string of the molecule is CCCCn1c(=O)[nH]c(=O)c2c1nc(COC(=O)C1CCC(=O)CC1)n2CCC. The molecule has 29 heavy (non-hydrogen) atoms. The summed E-state index contributed by atoms with van der Waals surface area (Å²) in [5, 5.41) is 0. The Morgan fingerprint density at radius 1 is 1.10 bits per heavy atom. The van der Waals surface area contributed by atoms with Crippen molar-refractivity contribution in [2.45, 2.75) is 78.5 Å². The van der Waals surface area contributed by atoms with Gasteiger partial charge in [-0.1, -0.05) is 20.3 Å². The fraction of sp³-hybridized carbons (Fsp3) is 0.650. The van der Waals surface area contributed by atoms with E-state index in [1.165, 1.54) is 4.57 Å². The molecular formula is C20H28N4O5. The molecule has 0 unspecified atom stereocenters. The number of fused-ring (bicyclic) bond motifs is 1. The summed E-state index contributed by atoms with van der Waals surface area (Å²) in [7, 11) is 0. The molecule has 158 valence electrons. The number of aromatic amines is 1. The molecule has 0 aliphatic heterocycles. The van der Waals surface area contributed by atoms with Crippen molar-refractivity contribution in [3.63, 3.8) is 0 Å². The van der Waals surface area contributed by atoms with Crippen molar-refractivity contribution < 1.29 is 14.3 Å². The van der Waals surface area contributed by atoms with Gasteiger partial charge in [-0.3, -0.25) is 23.9 Å². The smallest absolute Gasteiger partial charge is 0.330 e. The predicted octanol–water partition coefficient (Wildman–Crippen LogP) is 1.90. The minimum atomic E-state index is -0.484. The molecule has 1 fully saturated rings. The number of esters is 1. The summed E-state index contributed by atoms with van der Waals surface area (Å²) in [5.74, 6) is 0.0132. The molecule has 0 atom stereocenters. The van der Waals surface area contributed by atoms with Crippen molar-refractivity contribution >= 4 is 22.9 Å². The molecule has 1 aliphatic rings. The Labute approximate surface area is 168 Å². The minimum absolute atomic E-state index is 0.0701. The maximum absolute atomic E-state index is 12.5. The molecule has 9 heteroatoms. The number of nitrogens with zero attached hydrogens (tertiary/aromatic N) is 3. The van der Waals surface area contributed by atoms with E-state index in [0.29, 0.717) is 55.8 Å². The van der Waals surface area contributed by atoms with Gasteiger partial charge in [0.05, 0.1) is 5.92 Å². The highest BCUT2D eigenvalue weighted by Gasteiger charge is 2.27. The number of rotatable bonds is 8. The Morgan fingerprint density at radius 3 is 2.48 bits per heavy atom. The van der Waals surface area contributed by atoms with Crippen molar-refractivity contribution in [1.82, 2.24) is 19.1 Å². The number of ketones is 1. The van der Waals surface area contributed by atoms with Gasteiger partial charge in [0.15, 0.2) is 11.2 Å². The third-order valence-corrected chi connectivity index (χ3v) is 5.37. The molecule has 0 aromatic carbocycles. The standard InChI is InChI=1S/C20H28N4O5/c1-3-5-11-24-17-16(18(26)22-20(24)28)23(10-4-2)15(21-17)12-29-19(27)13-6-8-14(25)9-7-13/h13H,3-12H2,1-2H3,(H,22,26,28). The van der Waals surface area contributed by atoms with Crippen LogP contribution in [0.3, 0.4) is 0 Å². The lowest BCUT2D eigenvalue weighted by atomic mass is 9.88. The summed E-state index contributed by atoms with van der Waals surface area (Å²) in [6, 6.07) is 0. The van der Waals surface area contributed by atoms with Crippen molar-refractivity contribution in [2.24, 2.45) is 5.92 Å². The lowest BCUT2D eigenvalue weighted by Crippen LogP contribution is -2.31. The van der Waals surface area contributed by atoms with Gasteiger partial charge < -0.3 is 9.30 Å². The number of hydrogen-bond donors (Lipinski definition) is 1. The number of ether oxygens (including phenoxy) is 1. The van der Waals surface area contributed by atoms with Gasteiger partial charge in [-0.05, 0) is 25.7 Å². The van der Waals surface area contributed by atoms with E-state index in [9.17, 15) is 19.2 Å². The molecule has 1 aliphatic carbocycles. The maximum Gasteiger partial charge on any atom is 0.330 e. The second-order valence-electron chi connectivity index (χ2n) is 7.54. The highest BCUT2D eigenvalue weighted by atomic mass is 16.5. The monoisotopic (exact) mass is 404 g/mol. The van der Waals surface area contributed by atoms with Crippen LogP contribution in [0.1, 0.15) is 64.6 Å². The maximum atomic E-state index is 12.5. The normalized spacial score (nSPS) is 15.2. The number of nitrogens with one attached hydrogen (secondary N) is 1. The molecule has 0 bridgehead atoms. The third-order valence-electron chi connectivity index (χ3n) is 5.37. The molecular weight excluding hydrogens is 376 g/mol. The van der Waals surface area contributed by atoms with Crippen molar-refractivity contribution in [2.75, 3.05) is 0 Å². The van der Waals surface area contributed by atoms with Crippen molar-refractivity contribution in [3.05, 3.63) is 26.7 Å². The van der Waals surface area contributed by atoms with E-state index in [2.05, 4.69) is 9.97 Å². The van der Waals surface area contributed by atoms with Crippen LogP contribution in [0.15, 0.2) is 9.59 Å². The van der Waals surface area contributed by atoms with Gasteiger partial charge in [0, 0.05) is 25.9 Å². The van der Waals surface area contributed by atoms with Crippen LogP contribution in [-0.2, 0) is 34.0 Å². The largest absolute Gasteiger partial charge is 0.457 e. The molecule has 0 amide bonds. The average molecular weight is 404 g/mol. The van der Waals surface area contributed by atoms with Gasteiger partial charge in [0.2, 0.25) is 0 Å². The molecule has 0 saturated heterocycles. The Hall–Kier alpha value is -2.71. The molecule has 0 spiro atoms. The summed E-state index contributed by atoms with van der Waals surface area (Å²) in [6.45, 7) is 4.91. The Kier molecular flexibility index (Phi) is 6.66. The van der Waals surface area contributed by atoms with Crippen LogP contribution in [0.2, 0.25) is 0 Å². The number of H-pyrrole nitrogens is 1. The average Bonchev–Trinajstić information content (AvgIpc) is 3.05. The molecule has 9 nitrogen and oxygen atoms in total. The van der Waals surface area contributed by atoms with Gasteiger partial charge in [0.25, 0.3) is 5.56 Å². The number of unbranched alkanes of at least 4 members (excludes halogenated alkanes) is 1. The summed E-state index contributed by atoms with van der Waals surface area (Å²) in [5.41, 5.74) is -0.304. The molecule has 2 aromatic rings. The van der Waals surface area contributed by atoms with Gasteiger partial charge in [-0.15, -0.1) is 0 Å². The summed E-state index contributed by atoms with van der Waals surface area (Å²) in [6.07, 6.45) is 4.28. The fourth-order valence-electron chi connectivity index (χ4n) is 3.74. The lowest BCUT2D eigenvalue weighted by molar-refractivity contribution is -0.151. The number of Topliss-reactive ketones (excluding diaryl/α,β-unsaturated/α-hetero) is 1. The van der Waals surface area contributed by atoms with E-state index in [1.54, 1.807) is 4.57 Å². The minimum Gasteiger partial charge on any atom is -0.457 e. The van der Waals surface area contributed by atoms with Crippen LogP contribution >= 0.6 is 0 Å². The number of hydrogen-bond acceptors (Lipinski definition) is 6. The van der Waals surface area contributed by atoms with Crippen LogP contribution in [0.4, 0.5) is 0 Å². The van der Waals surface area contributed by atoms with Crippen LogP contribution in [0.25, 0.3) is 11.2 Å². The number of carbonyl (C=O) groups excluding carboxylic acids is 2. The summed E-state index contributed by atoms with van der Waals surface area (Å²) in [4.78, 5) is 55.4. The van der Waals surface area contributed by atoms with Crippen LogP contribution in [0.5, 0.6) is 0 Å². The molecule has 0 radical (unpaired) electrons. The molecule has 3 rings (SSSR count). The molecule has 1 saturated carbocycles. The zero-order chi connectivity index (χ0) is 21.0. The van der Waals surface area contributed by atoms with E-state index in [1.807, 2.05) is 13.8 Å². The quantitative estimate of drug-likeness (QED) is 0.672. The number of aromatic nitrogens is 4. The second-order valence-corrected chi connectivity index (χ2v) is 7.54. The first-order chi connectivity index (χ1) is 14.0. The van der Waals surface area contributed by atoms with Crippen molar-refractivity contribution in [3.8, 4) is 0 Å². The first-order valence-corrected chi connectivity index (χ1v) is 10.4. The second kappa shape index (κ2) is 9.19. The first kappa shape index (κ1) is 21.0. The Balaban J connectivity index is 1.90. The number of aryl methyl sites for hydroxylation is 2. The fourth-order valence-corrected chi connectivity index (χ4v) is 3.74. The zero-order valence-electron chi connectivity index (χ0n) is 17.0. The summed E-state index contributed by atoms with van der Waals surface area (Å²) >= 11 is 0. The van der Waals surface area contributed by atoms with Crippen molar-refractivity contribution in [1.29, 1.82) is 0 Å². The predicted molar refractivity (Wildman–Crippen MR) is 107 cm³/mol. The van der Waals surface area contributed by atoms with E-state index in [4.69, 9.17) is 4.74 Å². The van der Waals surface area contributed by atoms with Gasteiger partial charge in [0.1, 0.15) is 18.2 Å². The number of carbonyl (C=O) groups is 2. The van der Waals surface area contributed by atoms with Crippen LogP contribution in [0, 0.1) is 5.92 Å². The highest BCUT2D eigenvalue weighted by Crippen LogP contribution is 2.23. The first-order valence-electron chi connectivity index (χ1n) is 10.4. The topological polar surface area (TPSA) is 116 Å². The molecule has 2 aromatic heterocycles. The molecule has 2 heterocycles.